The van der Waals surface area contributed by atoms with E-state index in [0.717, 1.165) is 4.90 Å². The number of fused-ring (bicyclic) bond motifs is 3. The molecular formula is C44H27B2N3O6. The normalized spacial score (nSPS) is 14.9. The second-order valence-electron chi connectivity index (χ2n) is 13.3. The predicted molar refractivity (Wildman–Crippen MR) is 210 cm³/mol. The number of hydrogen-bond donors (Lipinski definition) is 3. The van der Waals surface area contributed by atoms with Crippen molar-refractivity contribution in [2.45, 2.75) is 10.8 Å². The number of amides is 2. The Bertz CT molecular complexity index is 2610. The van der Waals surface area contributed by atoms with E-state index in [4.69, 9.17) is 30.1 Å². The number of anilines is 1. The van der Waals surface area contributed by atoms with Crippen molar-refractivity contribution in [3.8, 4) is 28.5 Å². The van der Waals surface area contributed by atoms with Gasteiger partial charge in [0.1, 0.15) is 37.9 Å². The second-order valence-corrected chi connectivity index (χ2v) is 13.3. The Morgan fingerprint density at radius 1 is 0.527 bits per heavy atom. The van der Waals surface area contributed by atoms with Crippen LogP contribution >= 0.6 is 0 Å². The number of para-hydroxylation sites is 1. The van der Waals surface area contributed by atoms with Gasteiger partial charge in [0, 0.05) is 10.9 Å². The summed E-state index contributed by atoms with van der Waals surface area (Å²) < 4.78 is 6.22. The van der Waals surface area contributed by atoms with Crippen molar-refractivity contribution < 1.29 is 29.3 Å². The Hall–Kier alpha value is -7.13. The summed E-state index contributed by atoms with van der Waals surface area (Å²) in [6, 6.07) is 43.5. The molecule has 0 spiro atoms. The molecule has 0 aliphatic carbocycles. The molecule has 4 radical (unpaired) electrons. The fourth-order valence-corrected chi connectivity index (χ4v) is 8.26. The number of carbonyl (C=O) groups excluding carboxylic acids is 2. The van der Waals surface area contributed by atoms with Crippen molar-refractivity contribution in [3.63, 3.8) is 0 Å². The van der Waals surface area contributed by atoms with Gasteiger partial charge in [-0.3, -0.25) is 9.59 Å². The summed E-state index contributed by atoms with van der Waals surface area (Å²) in [6.07, 6.45) is 0. The minimum Gasteiger partial charge on any atom is -0.509 e. The number of benzene rings is 6. The highest BCUT2D eigenvalue weighted by atomic mass is 16.3. The third-order valence-corrected chi connectivity index (χ3v) is 10.6. The molecule has 8 aromatic rings. The van der Waals surface area contributed by atoms with Crippen molar-refractivity contribution in [2.75, 3.05) is 4.90 Å². The fraction of sp³-hybridized carbons (Fsp3) is 0.0455. The zero-order valence-electron chi connectivity index (χ0n) is 28.9. The SMILES string of the molecule is [B]c1c(O)c([B])c(-c2nc(N3C(=O)C(c4ccccc4)(c4ccccc4)C(c4ccccc4)(c4ccccc4)C3=O)nc3oc4ccccc4c23)c(O)c1O. The molecule has 0 atom stereocenters. The molecule has 0 bridgehead atoms. The van der Waals surface area contributed by atoms with Gasteiger partial charge in [-0.2, -0.15) is 4.98 Å². The van der Waals surface area contributed by atoms with E-state index in [1.807, 2.05) is 121 Å². The number of furan rings is 1. The van der Waals surface area contributed by atoms with Crippen LogP contribution < -0.4 is 15.8 Å². The van der Waals surface area contributed by atoms with Crippen molar-refractivity contribution in [3.05, 3.63) is 168 Å². The molecule has 11 heteroatoms. The topological polar surface area (TPSA) is 137 Å². The number of aromatic nitrogens is 2. The number of aromatic hydroxyl groups is 3. The lowest BCUT2D eigenvalue weighted by atomic mass is 9.53. The molecule has 55 heavy (non-hydrogen) atoms. The van der Waals surface area contributed by atoms with Gasteiger partial charge in [0.15, 0.2) is 11.5 Å². The molecule has 260 valence electrons. The molecule has 0 unspecified atom stereocenters. The third kappa shape index (κ3) is 4.50. The minimum atomic E-state index is -1.75. The van der Waals surface area contributed by atoms with Crippen LogP contribution in [-0.2, 0) is 20.4 Å². The maximum atomic E-state index is 16.1. The zero-order valence-corrected chi connectivity index (χ0v) is 28.9. The summed E-state index contributed by atoms with van der Waals surface area (Å²) in [6.45, 7) is 0. The number of imide groups is 1. The zero-order chi connectivity index (χ0) is 38.1. The van der Waals surface area contributed by atoms with Crippen molar-refractivity contribution >= 4 is 66.4 Å². The van der Waals surface area contributed by atoms with Crippen LogP contribution in [-0.4, -0.2) is 52.8 Å². The summed E-state index contributed by atoms with van der Waals surface area (Å²) in [5.41, 5.74) is -2.43. The van der Waals surface area contributed by atoms with Gasteiger partial charge in [0.2, 0.25) is 11.7 Å². The van der Waals surface area contributed by atoms with Crippen LogP contribution in [0, 0.1) is 0 Å². The van der Waals surface area contributed by atoms with Crippen LogP contribution in [0.5, 0.6) is 17.2 Å². The van der Waals surface area contributed by atoms with Gasteiger partial charge in [-0.15, -0.1) is 0 Å². The molecule has 6 aromatic carbocycles. The highest BCUT2D eigenvalue weighted by Crippen LogP contribution is 2.59. The van der Waals surface area contributed by atoms with Gasteiger partial charge in [-0.25, -0.2) is 9.88 Å². The number of rotatable bonds is 6. The smallest absolute Gasteiger partial charge is 0.253 e. The van der Waals surface area contributed by atoms with E-state index in [1.165, 1.54) is 0 Å². The summed E-state index contributed by atoms with van der Waals surface area (Å²) in [7, 11) is 12.3. The first-order valence-electron chi connectivity index (χ1n) is 17.3. The predicted octanol–water partition coefficient (Wildman–Crippen LogP) is 5.59. The largest absolute Gasteiger partial charge is 0.509 e. The van der Waals surface area contributed by atoms with E-state index < -0.39 is 56.8 Å². The Labute approximate surface area is 317 Å². The van der Waals surface area contributed by atoms with Crippen molar-refractivity contribution in [2.24, 2.45) is 0 Å². The summed E-state index contributed by atoms with van der Waals surface area (Å²) in [5.74, 6) is -4.03. The average molecular weight is 715 g/mol. The molecule has 1 aliphatic rings. The molecule has 1 aliphatic heterocycles. The first-order valence-corrected chi connectivity index (χ1v) is 17.3. The molecular weight excluding hydrogens is 688 g/mol. The Morgan fingerprint density at radius 3 is 1.44 bits per heavy atom. The Kier molecular flexibility index (Phi) is 7.65. The summed E-state index contributed by atoms with van der Waals surface area (Å²) in [4.78, 5) is 42.7. The van der Waals surface area contributed by atoms with E-state index in [0.29, 0.717) is 33.2 Å². The van der Waals surface area contributed by atoms with Gasteiger partial charge >= 0.3 is 0 Å². The molecule has 9 rings (SSSR count). The van der Waals surface area contributed by atoms with E-state index in [-0.39, 0.29) is 22.4 Å². The average Bonchev–Trinajstić information content (AvgIpc) is 3.71. The number of phenolic OH excluding ortho intramolecular Hbond substituents is 3. The lowest BCUT2D eigenvalue weighted by molar-refractivity contribution is -0.122. The van der Waals surface area contributed by atoms with Crippen molar-refractivity contribution in [1.29, 1.82) is 0 Å². The van der Waals surface area contributed by atoms with Crippen LogP contribution in [0.1, 0.15) is 22.3 Å². The minimum absolute atomic E-state index is 0.0571. The van der Waals surface area contributed by atoms with Crippen molar-refractivity contribution in [1.82, 2.24) is 9.97 Å². The molecule has 1 saturated heterocycles. The highest BCUT2D eigenvalue weighted by Gasteiger charge is 2.73. The van der Waals surface area contributed by atoms with Gasteiger partial charge in [0.25, 0.3) is 11.8 Å². The maximum absolute atomic E-state index is 16.1. The first kappa shape index (κ1) is 33.7. The standard InChI is InChI=1S/C44H27B2N3O6/c45-33-32(36(50)38(52)34(46)37(33)51)35-31-29-23-13-14-24-30(29)55-39(31)48-42(47-35)49-40(53)43(25-15-5-1-6-16-25,26-17-7-2-8-18-26)44(41(49)54,27-19-9-3-10-20-27)28-21-11-4-12-22-28/h1-24,50-52H. The molecule has 9 nitrogen and oxygen atoms in total. The van der Waals surface area contributed by atoms with Crippen LogP contribution in [0.15, 0.2) is 150 Å². The number of nitrogens with zero attached hydrogens (tertiary/aromatic N) is 3. The Balaban J connectivity index is 1.45. The fourth-order valence-electron chi connectivity index (χ4n) is 8.26. The van der Waals surface area contributed by atoms with Crippen LogP contribution in [0.2, 0.25) is 0 Å². The second kappa shape index (κ2) is 12.5. The summed E-state index contributed by atoms with van der Waals surface area (Å²) >= 11 is 0. The van der Waals surface area contributed by atoms with Gasteiger partial charge in [-0.1, -0.05) is 140 Å². The Morgan fingerprint density at radius 2 is 0.964 bits per heavy atom. The molecule has 2 aromatic heterocycles. The molecule has 2 amide bonds. The molecule has 3 N–H and O–H groups in total. The summed E-state index contributed by atoms with van der Waals surface area (Å²) in [5, 5.41) is 33.8. The number of carbonyl (C=O) groups is 2. The van der Waals surface area contributed by atoms with Crippen LogP contribution in [0.3, 0.4) is 0 Å². The van der Waals surface area contributed by atoms with E-state index in [2.05, 4.69) is 0 Å². The highest BCUT2D eigenvalue weighted by molar-refractivity contribution is 6.45. The van der Waals surface area contributed by atoms with Gasteiger partial charge < -0.3 is 19.7 Å². The lowest BCUT2D eigenvalue weighted by Gasteiger charge is -2.43. The van der Waals surface area contributed by atoms with Crippen LogP contribution in [0.4, 0.5) is 5.95 Å². The first-order chi connectivity index (χ1) is 26.7. The number of phenols is 3. The molecule has 1 fully saturated rings. The van der Waals surface area contributed by atoms with Gasteiger partial charge in [0.05, 0.1) is 11.1 Å². The number of hydrogen-bond acceptors (Lipinski definition) is 8. The van der Waals surface area contributed by atoms with E-state index in [1.54, 1.807) is 24.3 Å². The maximum Gasteiger partial charge on any atom is 0.253 e. The lowest BCUT2D eigenvalue weighted by Crippen LogP contribution is -2.53. The molecule has 0 saturated carbocycles. The monoisotopic (exact) mass is 715 g/mol. The molecule has 3 heterocycles. The third-order valence-electron chi connectivity index (χ3n) is 10.6. The van der Waals surface area contributed by atoms with E-state index in [9.17, 15) is 15.3 Å². The van der Waals surface area contributed by atoms with Crippen LogP contribution in [0.25, 0.3) is 33.3 Å². The van der Waals surface area contributed by atoms with Gasteiger partial charge in [-0.05, 0) is 39.2 Å². The quantitative estimate of drug-likeness (QED) is 0.0878. The van der Waals surface area contributed by atoms with E-state index >= 15 is 9.59 Å².